The van der Waals surface area contributed by atoms with Crippen LogP contribution in [0.2, 0.25) is 0 Å². The number of carbonyl (C=O) groups excluding carboxylic acids is 3. The van der Waals surface area contributed by atoms with Crippen LogP contribution < -0.4 is 11.1 Å². The fourth-order valence-corrected chi connectivity index (χ4v) is 5.38. The first kappa shape index (κ1) is 39.2. The Hall–Kier alpha value is -2.86. The van der Waals surface area contributed by atoms with Gasteiger partial charge in [0.25, 0.3) is 5.91 Å². The van der Waals surface area contributed by atoms with Gasteiger partial charge in [-0.3, -0.25) is 14.4 Å². The van der Waals surface area contributed by atoms with Gasteiger partial charge in [-0.2, -0.15) is 0 Å². The van der Waals surface area contributed by atoms with E-state index in [2.05, 4.69) is 38.0 Å². The summed E-state index contributed by atoms with van der Waals surface area (Å²) in [4.78, 5) is 44.1. The van der Waals surface area contributed by atoms with Gasteiger partial charge in [0, 0.05) is 44.0 Å². The van der Waals surface area contributed by atoms with Gasteiger partial charge in [0.2, 0.25) is 5.91 Å². The van der Waals surface area contributed by atoms with E-state index in [0.717, 1.165) is 12.0 Å². The molecule has 1 aromatic heterocycles. The molecule has 0 aliphatic heterocycles. The molecule has 0 aliphatic rings. The number of unbranched alkanes of at least 4 members (excludes halogenated alkanes) is 1. The van der Waals surface area contributed by atoms with Crippen molar-refractivity contribution in [2.75, 3.05) is 34.1 Å². The van der Waals surface area contributed by atoms with Crippen LogP contribution in [0.4, 0.5) is 0 Å². The van der Waals surface area contributed by atoms with Crippen molar-refractivity contribution < 1.29 is 28.6 Å². The molecule has 3 unspecified atom stereocenters. The van der Waals surface area contributed by atoms with E-state index in [0.29, 0.717) is 30.8 Å². The van der Waals surface area contributed by atoms with Gasteiger partial charge in [0.15, 0.2) is 0 Å². The minimum atomic E-state index is -0.483. The lowest BCUT2D eigenvalue weighted by molar-refractivity contribution is -0.141. The molecule has 0 bridgehead atoms. The fraction of sp³-hybridized carbons (Fsp3) is 0.636. The lowest BCUT2D eigenvalue weighted by atomic mass is 9.95. The lowest BCUT2D eigenvalue weighted by Gasteiger charge is -2.36. The smallest absolute Gasteiger partial charge is 0.305 e. The van der Waals surface area contributed by atoms with E-state index < -0.39 is 6.10 Å². The molecule has 44 heavy (non-hydrogen) atoms. The van der Waals surface area contributed by atoms with Gasteiger partial charge < -0.3 is 30.2 Å². The lowest BCUT2D eigenvalue weighted by Crippen LogP contribution is -2.47. The number of amides is 2. The van der Waals surface area contributed by atoms with Gasteiger partial charge in [0.05, 0.1) is 13.7 Å². The van der Waals surface area contributed by atoms with Gasteiger partial charge in [0.1, 0.15) is 23.6 Å². The number of aromatic nitrogens is 1. The number of esters is 1. The average molecular weight is 635 g/mol. The second-order valence-corrected chi connectivity index (χ2v) is 11.8. The van der Waals surface area contributed by atoms with Gasteiger partial charge in [-0.1, -0.05) is 77.8 Å². The topological polar surface area (TPSA) is 133 Å². The molecule has 2 aromatic rings. The molecule has 0 fully saturated rings. The molecule has 0 saturated heterocycles. The maximum absolute atomic E-state index is 13.2. The van der Waals surface area contributed by atoms with Gasteiger partial charge in [-0.15, -0.1) is 11.3 Å². The van der Waals surface area contributed by atoms with Crippen LogP contribution in [-0.4, -0.2) is 73.9 Å². The number of nitrogens with two attached hydrogens (primary N) is 1. The molecule has 1 heterocycles. The highest BCUT2D eigenvalue weighted by atomic mass is 32.1. The maximum atomic E-state index is 13.2. The van der Waals surface area contributed by atoms with Crippen molar-refractivity contribution in [1.82, 2.24) is 15.2 Å². The van der Waals surface area contributed by atoms with Gasteiger partial charge in [-0.25, -0.2) is 4.98 Å². The number of carbonyl (C=O) groups is 3. The Bertz CT molecular complexity index is 1080. The zero-order valence-corrected chi connectivity index (χ0v) is 28.5. The molecule has 2 rings (SSSR count). The Balaban J connectivity index is 0.00000227. The summed E-state index contributed by atoms with van der Waals surface area (Å²) >= 11 is 1.33. The molecule has 0 spiro atoms. The van der Waals surface area contributed by atoms with Crippen LogP contribution in [0, 0.1) is 5.92 Å². The molecule has 3 atom stereocenters. The van der Waals surface area contributed by atoms with Crippen LogP contribution in [0.1, 0.15) is 100 Å². The van der Waals surface area contributed by atoms with E-state index in [1.54, 1.807) is 12.5 Å². The number of nitrogens with zero attached hydrogens (tertiary/aromatic N) is 2. The zero-order valence-electron chi connectivity index (χ0n) is 27.7. The van der Waals surface area contributed by atoms with E-state index in [4.69, 9.17) is 19.9 Å². The third kappa shape index (κ3) is 14.3. The molecule has 3 N–H and O–H groups in total. The highest BCUT2D eigenvalue weighted by molar-refractivity contribution is 7.09. The fourth-order valence-electron chi connectivity index (χ4n) is 4.52. The maximum Gasteiger partial charge on any atom is 0.305 e. The Morgan fingerprint density at radius 3 is 2.27 bits per heavy atom. The van der Waals surface area contributed by atoms with Crippen molar-refractivity contribution in [3.63, 3.8) is 0 Å². The van der Waals surface area contributed by atoms with Gasteiger partial charge >= 0.3 is 5.97 Å². The van der Waals surface area contributed by atoms with E-state index in [-0.39, 0.29) is 61.2 Å². The van der Waals surface area contributed by atoms with E-state index >= 15 is 0 Å². The summed E-state index contributed by atoms with van der Waals surface area (Å²) in [5.41, 5.74) is 7.03. The summed E-state index contributed by atoms with van der Waals surface area (Å²) in [5, 5.41) is 5.36. The van der Waals surface area contributed by atoms with Crippen molar-refractivity contribution in [3.05, 3.63) is 52.0 Å². The second kappa shape index (κ2) is 22.6. The number of benzene rings is 1. The van der Waals surface area contributed by atoms with Crippen LogP contribution >= 0.6 is 11.3 Å². The highest BCUT2D eigenvalue weighted by Crippen LogP contribution is 2.30. The highest BCUT2D eigenvalue weighted by Gasteiger charge is 2.31. The van der Waals surface area contributed by atoms with Crippen molar-refractivity contribution in [1.29, 1.82) is 0 Å². The third-order valence-electron chi connectivity index (χ3n) is 7.09. The zero-order chi connectivity index (χ0) is 32.9. The molecule has 10 nitrogen and oxygen atoms in total. The predicted octanol–water partition coefficient (Wildman–Crippen LogP) is 5.52. The Morgan fingerprint density at radius 2 is 1.73 bits per heavy atom. The molecule has 2 amide bonds. The van der Waals surface area contributed by atoms with Crippen molar-refractivity contribution >= 4 is 29.1 Å². The summed E-state index contributed by atoms with van der Waals surface area (Å²) < 4.78 is 16.0. The average Bonchev–Trinajstić information content (AvgIpc) is 3.53. The van der Waals surface area contributed by atoms with E-state index in [1.165, 1.54) is 31.3 Å². The van der Waals surface area contributed by atoms with Crippen molar-refractivity contribution in [2.45, 2.75) is 97.8 Å². The van der Waals surface area contributed by atoms with Crippen LogP contribution in [0.15, 0.2) is 35.7 Å². The van der Waals surface area contributed by atoms with E-state index in [1.807, 2.05) is 42.2 Å². The Morgan fingerprint density at radius 1 is 1.05 bits per heavy atom. The number of thiazole rings is 1. The number of nitrogens with one attached hydrogen (secondary N) is 1. The summed E-state index contributed by atoms with van der Waals surface area (Å²) in [6, 6.07) is 9.36. The number of rotatable bonds is 19. The molecule has 0 aliphatic carbocycles. The molecule has 248 valence electrons. The molecule has 0 radical (unpaired) electrons. The predicted molar refractivity (Wildman–Crippen MR) is 175 cm³/mol. The first-order valence-corrected chi connectivity index (χ1v) is 16.5. The molecular formula is C33H54N4O6S. The second-order valence-electron chi connectivity index (χ2n) is 10.9. The standard InChI is InChI=1S/C29H44N4O6S.C4H10/c1-6-14-33(26(34)17-30)24(20(2)3)16-25(39-19-37-4)29-32-23(18-40-29)28(36)31-22(12-13-27(35)38-5)15-21-10-8-7-9-11-21;1-3-4-2/h7-11,18,20,22,24-25H,6,12-17,19,30H2,1-5H3,(H,31,36);3-4H2,1-2H3. The Kier molecular flexibility index (Phi) is 20.1. The van der Waals surface area contributed by atoms with Crippen LogP contribution in [0.5, 0.6) is 0 Å². The van der Waals surface area contributed by atoms with Crippen LogP contribution in [0.3, 0.4) is 0 Å². The number of hydrogen-bond acceptors (Lipinski definition) is 9. The summed E-state index contributed by atoms with van der Waals surface area (Å²) in [6.45, 7) is 11.1. The third-order valence-corrected chi connectivity index (χ3v) is 8.02. The number of ether oxygens (including phenoxy) is 3. The minimum absolute atomic E-state index is 0.0435. The molecule has 1 aromatic carbocycles. The first-order valence-electron chi connectivity index (χ1n) is 15.6. The Labute approximate surface area is 268 Å². The van der Waals surface area contributed by atoms with Crippen LogP contribution in [0.25, 0.3) is 0 Å². The first-order chi connectivity index (χ1) is 21.1. The molecular weight excluding hydrogens is 580 g/mol. The van der Waals surface area contributed by atoms with Crippen molar-refractivity contribution in [3.8, 4) is 0 Å². The monoisotopic (exact) mass is 634 g/mol. The van der Waals surface area contributed by atoms with Crippen molar-refractivity contribution in [2.24, 2.45) is 11.7 Å². The summed E-state index contributed by atoms with van der Waals surface area (Å²) in [7, 11) is 2.89. The van der Waals surface area contributed by atoms with Crippen LogP contribution in [-0.2, 0) is 30.2 Å². The SMILES string of the molecule is CCCC.CCCN(C(=O)CN)C(CC(OCOC)c1nc(C(=O)NC(CCC(=O)OC)Cc2ccccc2)cs1)C(C)C. The number of methoxy groups -OCH3 is 2. The van der Waals surface area contributed by atoms with E-state index in [9.17, 15) is 14.4 Å². The minimum Gasteiger partial charge on any atom is -0.469 e. The largest absolute Gasteiger partial charge is 0.469 e. The molecule has 11 heteroatoms. The number of hydrogen-bond donors (Lipinski definition) is 2. The summed E-state index contributed by atoms with van der Waals surface area (Å²) in [5.74, 6) is -0.620. The quantitative estimate of drug-likeness (QED) is 0.153. The normalized spacial score (nSPS) is 12.9. The summed E-state index contributed by atoms with van der Waals surface area (Å²) in [6.07, 6.45) is 4.64. The molecule has 0 saturated carbocycles. The van der Waals surface area contributed by atoms with Gasteiger partial charge in [-0.05, 0) is 30.7 Å².